The highest BCUT2D eigenvalue weighted by molar-refractivity contribution is 6.27. The van der Waals surface area contributed by atoms with Crippen LogP contribution in [0.5, 0.6) is 0 Å². The van der Waals surface area contributed by atoms with E-state index in [1.54, 1.807) is 0 Å². The zero-order valence-electron chi connectivity index (χ0n) is 22.9. The average molecular weight is 535 g/mol. The quantitative estimate of drug-likeness (QED) is 0.166. The molecule has 0 saturated carbocycles. The van der Waals surface area contributed by atoms with Gasteiger partial charge in [-0.15, -0.1) is 0 Å². The van der Waals surface area contributed by atoms with Crippen LogP contribution in [0.15, 0.2) is 158 Å². The van der Waals surface area contributed by atoms with Crippen molar-refractivity contribution in [1.29, 1.82) is 0 Å². The van der Waals surface area contributed by atoms with Crippen LogP contribution in [0.1, 0.15) is 0 Å². The molecule has 0 aliphatic rings. The van der Waals surface area contributed by atoms with Gasteiger partial charge in [0.1, 0.15) is 0 Å². The van der Waals surface area contributed by atoms with Crippen LogP contribution in [-0.2, 0) is 0 Å². The lowest BCUT2D eigenvalue weighted by atomic mass is 9.85. The van der Waals surface area contributed by atoms with Crippen molar-refractivity contribution in [2.75, 3.05) is 0 Å². The van der Waals surface area contributed by atoms with Gasteiger partial charge in [0.25, 0.3) is 0 Å². The smallest absolute Gasteiger partial charge is 0.160 e. The minimum atomic E-state index is 0.720. The van der Waals surface area contributed by atoms with Crippen LogP contribution in [0.3, 0.4) is 0 Å². The van der Waals surface area contributed by atoms with E-state index in [4.69, 9.17) is 9.97 Å². The van der Waals surface area contributed by atoms with Crippen molar-refractivity contribution in [3.63, 3.8) is 0 Å². The van der Waals surface area contributed by atoms with Gasteiger partial charge in [-0.25, -0.2) is 9.97 Å². The normalized spacial score (nSPS) is 11.3. The van der Waals surface area contributed by atoms with Gasteiger partial charge in [-0.05, 0) is 49.5 Å². The third-order valence-corrected chi connectivity index (χ3v) is 8.06. The van der Waals surface area contributed by atoms with Crippen LogP contribution in [0, 0.1) is 0 Å². The number of hydrogen-bond acceptors (Lipinski definition) is 2. The Labute approximate surface area is 244 Å². The molecule has 0 spiro atoms. The van der Waals surface area contributed by atoms with Crippen LogP contribution in [0.4, 0.5) is 0 Å². The molecule has 0 unspecified atom stereocenters. The van der Waals surface area contributed by atoms with Gasteiger partial charge in [-0.2, -0.15) is 0 Å². The summed E-state index contributed by atoms with van der Waals surface area (Å²) in [5.74, 6) is 0.720. The molecule has 42 heavy (non-hydrogen) atoms. The number of aromatic nitrogens is 2. The number of benzene rings is 7. The van der Waals surface area contributed by atoms with Crippen molar-refractivity contribution in [3.8, 4) is 45.0 Å². The summed E-state index contributed by atoms with van der Waals surface area (Å²) < 4.78 is 0. The molecule has 0 saturated heterocycles. The van der Waals surface area contributed by atoms with E-state index in [0.29, 0.717) is 0 Å². The first-order valence-electron chi connectivity index (χ1n) is 14.3. The van der Waals surface area contributed by atoms with Crippen molar-refractivity contribution < 1.29 is 0 Å². The van der Waals surface area contributed by atoms with Gasteiger partial charge in [0.05, 0.1) is 11.4 Å². The van der Waals surface area contributed by atoms with Gasteiger partial charge in [0.2, 0.25) is 0 Å². The molecule has 0 N–H and O–H groups in total. The minimum absolute atomic E-state index is 0.720. The summed E-state index contributed by atoms with van der Waals surface area (Å²) in [6.07, 6.45) is 0. The third-order valence-electron chi connectivity index (χ3n) is 8.06. The van der Waals surface area contributed by atoms with Crippen LogP contribution in [0.2, 0.25) is 0 Å². The highest BCUT2D eigenvalue weighted by Crippen LogP contribution is 2.46. The molecule has 0 aliphatic carbocycles. The van der Waals surface area contributed by atoms with Crippen LogP contribution >= 0.6 is 0 Å². The summed E-state index contributed by atoms with van der Waals surface area (Å²) in [4.78, 5) is 10.3. The topological polar surface area (TPSA) is 25.8 Å². The fourth-order valence-electron chi connectivity index (χ4n) is 6.18. The zero-order chi connectivity index (χ0) is 27.9. The summed E-state index contributed by atoms with van der Waals surface area (Å²) in [6, 6.07) is 55.5. The van der Waals surface area contributed by atoms with E-state index in [-0.39, 0.29) is 0 Å². The lowest BCUT2D eigenvalue weighted by Crippen LogP contribution is -1.98. The molecule has 0 aliphatic heterocycles. The van der Waals surface area contributed by atoms with Gasteiger partial charge < -0.3 is 0 Å². The lowest BCUT2D eigenvalue weighted by molar-refractivity contribution is 1.19. The van der Waals surface area contributed by atoms with Crippen molar-refractivity contribution >= 4 is 32.3 Å². The largest absolute Gasteiger partial charge is 0.228 e. The van der Waals surface area contributed by atoms with E-state index in [0.717, 1.165) is 33.9 Å². The first kappa shape index (κ1) is 24.2. The third kappa shape index (κ3) is 4.05. The van der Waals surface area contributed by atoms with Crippen LogP contribution in [-0.4, -0.2) is 9.97 Å². The van der Waals surface area contributed by atoms with E-state index in [2.05, 4.69) is 133 Å². The first-order chi connectivity index (χ1) is 20.8. The fourth-order valence-corrected chi connectivity index (χ4v) is 6.18. The molecular formula is C40H26N2. The van der Waals surface area contributed by atoms with Crippen LogP contribution < -0.4 is 0 Å². The number of nitrogens with zero attached hydrogens (tertiary/aromatic N) is 2. The molecule has 2 heteroatoms. The molecule has 1 aromatic heterocycles. The summed E-state index contributed by atoms with van der Waals surface area (Å²) in [7, 11) is 0. The van der Waals surface area contributed by atoms with Gasteiger partial charge >= 0.3 is 0 Å². The lowest BCUT2D eigenvalue weighted by Gasteiger charge is -2.19. The summed E-state index contributed by atoms with van der Waals surface area (Å²) >= 11 is 0. The highest BCUT2D eigenvalue weighted by atomic mass is 14.9. The molecule has 2 nitrogen and oxygen atoms in total. The van der Waals surface area contributed by atoms with Gasteiger partial charge in [-0.1, -0.05) is 152 Å². The molecule has 0 amide bonds. The standard InChI is InChI=1S/C40H26N2/c1-4-15-28(16-5-1)35-26-36(42-40(41-35)30-19-8-3-9-20-30)38-33-23-13-12-22-32(33)37(29-17-6-2-7-18-29)39-31-21-11-10-14-27(31)24-25-34(38)39/h1-26H. The van der Waals surface area contributed by atoms with E-state index in [1.165, 1.54) is 43.4 Å². The molecule has 8 rings (SSSR count). The van der Waals surface area contributed by atoms with E-state index in [1.807, 2.05) is 24.3 Å². The zero-order valence-corrected chi connectivity index (χ0v) is 22.9. The molecule has 0 radical (unpaired) electrons. The SMILES string of the molecule is c1ccc(-c2cc(-c3c4ccccc4c(-c4ccccc4)c4c3ccc3ccccc34)nc(-c3ccccc3)n2)cc1. The molecule has 196 valence electrons. The maximum absolute atomic E-state index is 5.27. The van der Waals surface area contributed by atoms with E-state index >= 15 is 0 Å². The van der Waals surface area contributed by atoms with Gasteiger partial charge in [-0.3, -0.25) is 0 Å². The molecule has 1 heterocycles. The maximum Gasteiger partial charge on any atom is 0.160 e. The number of fused-ring (bicyclic) bond motifs is 4. The molecule has 7 aromatic carbocycles. The van der Waals surface area contributed by atoms with Crippen molar-refractivity contribution in [3.05, 3.63) is 158 Å². The van der Waals surface area contributed by atoms with Crippen molar-refractivity contribution in [2.24, 2.45) is 0 Å². The second-order valence-electron chi connectivity index (χ2n) is 10.6. The predicted octanol–water partition coefficient (Wildman–Crippen LogP) is 10.6. The Morgan fingerprint density at radius 1 is 0.333 bits per heavy atom. The average Bonchev–Trinajstić information content (AvgIpc) is 3.08. The Hall–Kier alpha value is -5.60. The van der Waals surface area contributed by atoms with Crippen molar-refractivity contribution in [2.45, 2.75) is 0 Å². The predicted molar refractivity (Wildman–Crippen MR) is 176 cm³/mol. The minimum Gasteiger partial charge on any atom is -0.228 e. The summed E-state index contributed by atoms with van der Waals surface area (Å²) in [5, 5.41) is 7.28. The van der Waals surface area contributed by atoms with E-state index in [9.17, 15) is 0 Å². The Bertz CT molecular complexity index is 2160. The van der Waals surface area contributed by atoms with Crippen molar-refractivity contribution in [1.82, 2.24) is 9.97 Å². The Kier molecular flexibility index (Phi) is 5.82. The molecule has 8 aromatic rings. The van der Waals surface area contributed by atoms with E-state index < -0.39 is 0 Å². The highest BCUT2D eigenvalue weighted by Gasteiger charge is 2.20. The summed E-state index contributed by atoms with van der Waals surface area (Å²) in [5.41, 5.74) is 7.47. The fraction of sp³-hybridized carbons (Fsp3) is 0. The molecular weight excluding hydrogens is 508 g/mol. The number of rotatable bonds is 4. The maximum atomic E-state index is 5.27. The molecule has 0 bridgehead atoms. The Morgan fingerprint density at radius 2 is 0.857 bits per heavy atom. The Balaban J connectivity index is 1.55. The molecule has 0 atom stereocenters. The monoisotopic (exact) mass is 534 g/mol. The molecule has 0 fully saturated rings. The van der Waals surface area contributed by atoms with Gasteiger partial charge in [0.15, 0.2) is 5.82 Å². The first-order valence-corrected chi connectivity index (χ1v) is 14.3. The summed E-state index contributed by atoms with van der Waals surface area (Å²) in [6.45, 7) is 0. The van der Waals surface area contributed by atoms with Gasteiger partial charge in [0, 0.05) is 16.7 Å². The number of hydrogen-bond donors (Lipinski definition) is 0. The second-order valence-corrected chi connectivity index (χ2v) is 10.6. The van der Waals surface area contributed by atoms with Crippen LogP contribution in [0.25, 0.3) is 77.3 Å². The second kappa shape index (κ2) is 10.1. The Morgan fingerprint density at radius 3 is 1.55 bits per heavy atom.